The van der Waals surface area contributed by atoms with E-state index in [4.69, 9.17) is 0 Å². The lowest BCUT2D eigenvalue weighted by molar-refractivity contribution is -0.384. The minimum Gasteiger partial charge on any atom is -0.362 e. The van der Waals surface area contributed by atoms with Crippen LogP contribution in [0.5, 0.6) is 0 Å². The number of alkyl halides is 3. The standard InChI is InChI=1S/C17H19F3N4O4/c18-17(19,20)12-3-4-13(14(9-12)24(27)28)22-5-7-23(8-6-22)15(25)10-21-16(26)11-1-2-11/h3-4,9,11H,1-2,5-8,10H2,(H,21,26). The molecule has 1 aliphatic carbocycles. The first-order valence-corrected chi connectivity index (χ1v) is 8.83. The van der Waals surface area contributed by atoms with E-state index in [1.165, 1.54) is 4.90 Å². The molecule has 2 aliphatic rings. The molecule has 8 nitrogen and oxygen atoms in total. The normalized spacial score (nSPS) is 17.4. The van der Waals surface area contributed by atoms with Gasteiger partial charge in [-0.15, -0.1) is 0 Å². The molecule has 11 heteroatoms. The van der Waals surface area contributed by atoms with Crippen LogP contribution in [0.4, 0.5) is 24.5 Å². The van der Waals surface area contributed by atoms with Crippen molar-refractivity contribution >= 4 is 23.2 Å². The number of benzene rings is 1. The van der Waals surface area contributed by atoms with E-state index in [0.717, 1.165) is 25.0 Å². The van der Waals surface area contributed by atoms with Crippen molar-refractivity contribution < 1.29 is 27.7 Å². The fourth-order valence-electron chi connectivity index (χ4n) is 3.07. The lowest BCUT2D eigenvalue weighted by Gasteiger charge is -2.36. The van der Waals surface area contributed by atoms with Gasteiger partial charge < -0.3 is 15.1 Å². The smallest absolute Gasteiger partial charge is 0.362 e. The lowest BCUT2D eigenvalue weighted by atomic mass is 10.1. The van der Waals surface area contributed by atoms with Crippen LogP contribution in [0.2, 0.25) is 0 Å². The van der Waals surface area contributed by atoms with Crippen LogP contribution in [0, 0.1) is 16.0 Å². The largest absolute Gasteiger partial charge is 0.416 e. The first kappa shape index (κ1) is 19.9. The predicted molar refractivity (Wildman–Crippen MR) is 92.6 cm³/mol. The van der Waals surface area contributed by atoms with Crippen LogP contribution in [0.1, 0.15) is 18.4 Å². The summed E-state index contributed by atoms with van der Waals surface area (Å²) in [5.74, 6) is -0.382. The Labute approximate surface area is 158 Å². The summed E-state index contributed by atoms with van der Waals surface area (Å²) >= 11 is 0. The van der Waals surface area contributed by atoms with Gasteiger partial charge in [-0.05, 0) is 25.0 Å². The molecule has 3 rings (SSSR count). The van der Waals surface area contributed by atoms with Crippen molar-refractivity contribution in [3.63, 3.8) is 0 Å². The van der Waals surface area contributed by atoms with Gasteiger partial charge in [0.1, 0.15) is 5.69 Å². The molecule has 1 aliphatic heterocycles. The molecule has 0 spiro atoms. The van der Waals surface area contributed by atoms with E-state index in [0.29, 0.717) is 6.07 Å². The molecule has 0 bridgehead atoms. The summed E-state index contributed by atoms with van der Waals surface area (Å²) in [6.07, 6.45) is -2.99. The molecule has 0 atom stereocenters. The highest BCUT2D eigenvalue weighted by Crippen LogP contribution is 2.36. The topological polar surface area (TPSA) is 95.8 Å². The summed E-state index contributed by atoms with van der Waals surface area (Å²) in [5.41, 5.74) is -1.61. The van der Waals surface area contributed by atoms with Crippen LogP contribution in [-0.2, 0) is 15.8 Å². The molecule has 0 aromatic heterocycles. The van der Waals surface area contributed by atoms with Gasteiger partial charge in [0.05, 0.1) is 17.0 Å². The van der Waals surface area contributed by atoms with Crippen LogP contribution < -0.4 is 10.2 Å². The minimum absolute atomic E-state index is 0.00451. The molecule has 1 saturated heterocycles. The predicted octanol–water partition coefficient (Wildman–Crippen LogP) is 1.79. The Kier molecular flexibility index (Phi) is 5.43. The molecule has 1 aromatic carbocycles. The van der Waals surface area contributed by atoms with E-state index in [1.54, 1.807) is 4.90 Å². The van der Waals surface area contributed by atoms with Crippen molar-refractivity contribution in [3.05, 3.63) is 33.9 Å². The van der Waals surface area contributed by atoms with Crippen molar-refractivity contribution in [3.8, 4) is 0 Å². The van der Waals surface area contributed by atoms with Gasteiger partial charge in [0.25, 0.3) is 5.69 Å². The summed E-state index contributed by atoms with van der Waals surface area (Å²) in [7, 11) is 0. The number of carbonyl (C=O) groups is 2. The van der Waals surface area contributed by atoms with Gasteiger partial charge in [-0.25, -0.2) is 0 Å². The number of amides is 2. The van der Waals surface area contributed by atoms with Crippen LogP contribution in [-0.4, -0.2) is 54.4 Å². The third-order valence-corrected chi connectivity index (χ3v) is 4.83. The van der Waals surface area contributed by atoms with Gasteiger partial charge in [-0.3, -0.25) is 19.7 Å². The highest BCUT2D eigenvalue weighted by atomic mass is 19.4. The monoisotopic (exact) mass is 400 g/mol. The molecule has 1 saturated carbocycles. The van der Waals surface area contributed by atoms with Crippen LogP contribution in [0.15, 0.2) is 18.2 Å². The van der Waals surface area contributed by atoms with Gasteiger partial charge in [0.2, 0.25) is 11.8 Å². The number of carbonyl (C=O) groups excluding carboxylic acids is 2. The second-order valence-electron chi connectivity index (χ2n) is 6.82. The molecular weight excluding hydrogens is 381 g/mol. The van der Waals surface area contributed by atoms with Crippen molar-refractivity contribution in [2.75, 3.05) is 37.6 Å². The lowest BCUT2D eigenvalue weighted by Crippen LogP contribution is -2.51. The Morgan fingerprint density at radius 3 is 2.36 bits per heavy atom. The van der Waals surface area contributed by atoms with Crippen molar-refractivity contribution in [2.45, 2.75) is 19.0 Å². The number of rotatable bonds is 5. The quantitative estimate of drug-likeness (QED) is 0.601. The zero-order valence-corrected chi connectivity index (χ0v) is 14.9. The number of nitro benzene ring substituents is 1. The maximum Gasteiger partial charge on any atom is 0.416 e. The number of piperazine rings is 1. The fourth-order valence-corrected chi connectivity index (χ4v) is 3.07. The number of hydrogen-bond acceptors (Lipinski definition) is 5. The minimum atomic E-state index is -4.67. The van der Waals surface area contributed by atoms with Crippen LogP contribution >= 0.6 is 0 Å². The average Bonchev–Trinajstić information content (AvgIpc) is 3.50. The zero-order chi connectivity index (χ0) is 20.5. The highest BCUT2D eigenvalue weighted by Gasteiger charge is 2.34. The van der Waals surface area contributed by atoms with Gasteiger partial charge in [-0.2, -0.15) is 13.2 Å². The maximum atomic E-state index is 12.8. The first-order chi connectivity index (χ1) is 13.2. The van der Waals surface area contributed by atoms with Gasteiger partial charge in [0, 0.05) is 38.2 Å². The SMILES string of the molecule is O=C(NCC(=O)N1CCN(c2ccc(C(F)(F)F)cc2[N+](=O)[O-])CC1)C1CC1. The van der Waals surface area contributed by atoms with E-state index in [-0.39, 0.29) is 56.1 Å². The first-order valence-electron chi connectivity index (χ1n) is 8.83. The molecule has 152 valence electrons. The van der Waals surface area contributed by atoms with Gasteiger partial charge in [0.15, 0.2) is 0 Å². The number of nitro groups is 1. The molecular formula is C17H19F3N4O4. The second kappa shape index (κ2) is 7.64. The van der Waals surface area contributed by atoms with Crippen LogP contribution in [0.25, 0.3) is 0 Å². The Balaban J connectivity index is 1.61. The molecule has 1 N–H and O–H groups in total. The third-order valence-electron chi connectivity index (χ3n) is 4.83. The average molecular weight is 400 g/mol. The van der Waals surface area contributed by atoms with Crippen molar-refractivity contribution in [1.82, 2.24) is 10.2 Å². The van der Waals surface area contributed by atoms with E-state index < -0.39 is 22.4 Å². The second-order valence-corrected chi connectivity index (χ2v) is 6.82. The fraction of sp³-hybridized carbons (Fsp3) is 0.529. The van der Waals surface area contributed by atoms with Crippen molar-refractivity contribution in [1.29, 1.82) is 0 Å². The molecule has 0 unspecified atom stereocenters. The van der Waals surface area contributed by atoms with E-state index in [1.807, 2.05) is 0 Å². The Morgan fingerprint density at radius 2 is 1.82 bits per heavy atom. The maximum absolute atomic E-state index is 12.8. The highest BCUT2D eigenvalue weighted by molar-refractivity contribution is 5.87. The third kappa shape index (κ3) is 4.52. The van der Waals surface area contributed by atoms with Crippen molar-refractivity contribution in [2.24, 2.45) is 5.92 Å². The summed E-state index contributed by atoms with van der Waals surface area (Å²) in [4.78, 5) is 37.3. The Hall–Kier alpha value is -2.85. The Bertz CT molecular complexity index is 787. The number of anilines is 1. The number of nitrogens with one attached hydrogen (secondary N) is 1. The van der Waals surface area contributed by atoms with E-state index in [9.17, 15) is 32.9 Å². The van der Waals surface area contributed by atoms with E-state index >= 15 is 0 Å². The molecule has 2 fully saturated rings. The summed E-state index contributed by atoms with van der Waals surface area (Å²) in [6, 6.07) is 2.43. The molecule has 2 amide bonds. The summed E-state index contributed by atoms with van der Waals surface area (Å²) in [6.45, 7) is 0.908. The molecule has 1 heterocycles. The van der Waals surface area contributed by atoms with Crippen LogP contribution in [0.3, 0.4) is 0 Å². The number of nitrogens with zero attached hydrogens (tertiary/aromatic N) is 3. The zero-order valence-electron chi connectivity index (χ0n) is 14.9. The molecule has 28 heavy (non-hydrogen) atoms. The van der Waals surface area contributed by atoms with Gasteiger partial charge in [-0.1, -0.05) is 0 Å². The molecule has 0 radical (unpaired) electrons. The summed E-state index contributed by atoms with van der Waals surface area (Å²) in [5, 5.41) is 13.8. The number of halogens is 3. The molecule has 1 aromatic rings. The summed E-state index contributed by atoms with van der Waals surface area (Å²) < 4.78 is 38.5. The Morgan fingerprint density at radius 1 is 1.18 bits per heavy atom. The van der Waals surface area contributed by atoms with Gasteiger partial charge >= 0.3 is 6.18 Å². The van der Waals surface area contributed by atoms with E-state index in [2.05, 4.69) is 5.32 Å². The number of hydrogen-bond donors (Lipinski definition) is 1.